The van der Waals surface area contributed by atoms with Crippen molar-refractivity contribution in [1.82, 2.24) is 9.47 Å². The predicted octanol–water partition coefficient (Wildman–Crippen LogP) is 3.56. The first-order valence-corrected chi connectivity index (χ1v) is 7.97. The smallest absolute Gasteiger partial charge is 0.408 e. The lowest BCUT2D eigenvalue weighted by Crippen LogP contribution is -2.32. The van der Waals surface area contributed by atoms with Crippen LogP contribution < -0.4 is 5.76 Å². The zero-order valence-corrected chi connectivity index (χ0v) is 14.3. The molecule has 3 rings (SSSR count). The fourth-order valence-electron chi connectivity index (χ4n) is 2.40. The molecule has 124 valence electrons. The van der Waals surface area contributed by atoms with Gasteiger partial charge in [0, 0.05) is 29.7 Å². The van der Waals surface area contributed by atoms with Crippen molar-refractivity contribution in [2.24, 2.45) is 0 Å². The van der Waals surface area contributed by atoms with Crippen molar-refractivity contribution in [3.8, 4) is 0 Å². The molecule has 0 saturated heterocycles. The highest BCUT2D eigenvalue weighted by Crippen LogP contribution is 2.18. The lowest BCUT2D eigenvalue weighted by Gasteiger charge is -2.17. The number of carbonyl (C=O) groups excluding carboxylic acids is 1. The van der Waals surface area contributed by atoms with E-state index >= 15 is 0 Å². The first-order valence-electron chi connectivity index (χ1n) is 7.21. The molecule has 0 atom stereocenters. The van der Waals surface area contributed by atoms with Gasteiger partial charge in [-0.3, -0.25) is 9.36 Å². The second kappa shape index (κ2) is 6.71. The van der Waals surface area contributed by atoms with Gasteiger partial charge in [0.1, 0.15) is 6.54 Å². The van der Waals surface area contributed by atoms with Crippen molar-refractivity contribution in [3.63, 3.8) is 0 Å². The normalized spacial score (nSPS) is 11.0. The summed E-state index contributed by atoms with van der Waals surface area (Å²) in [5.41, 5.74) is 1.85. The number of amides is 1. The maximum Gasteiger partial charge on any atom is 0.420 e. The van der Waals surface area contributed by atoms with Crippen LogP contribution in [-0.4, -0.2) is 22.4 Å². The van der Waals surface area contributed by atoms with Crippen LogP contribution in [0.5, 0.6) is 0 Å². The van der Waals surface area contributed by atoms with Gasteiger partial charge < -0.3 is 9.32 Å². The number of hydrogen-bond acceptors (Lipinski definition) is 3. The molecule has 0 aliphatic carbocycles. The summed E-state index contributed by atoms with van der Waals surface area (Å²) in [7, 11) is 1.68. The summed E-state index contributed by atoms with van der Waals surface area (Å²) in [4.78, 5) is 25.9. The molecule has 0 saturated carbocycles. The molecular weight excluding hydrogens is 351 g/mol. The van der Waals surface area contributed by atoms with Gasteiger partial charge in [0.05, 0.1) is 5.52 Å². The number of hydrogen-bond donors (Lipinski definition) is 0. The Morgan fingerprint density at radius 3 is 2.50 bits per heavy atom. The maximum absolute atomic E-state index is 12.4. The number of rotatable bonds is 4. The van der Waals surface area contributed by atoms with Crippen LogP contribution in [0.2, 0.25) is 10.0 Å². The Balaban J connectivity index is 1.78. The molecule has 3 aromatic rings. The highest BCUT2D eigenvalue weighted by molar-refractivity contribution is 6.31. The van der Waals surface area contributed by atoms with E-state index in [-0.39, 0.29) is 12.5 Å². The Kier molecular flexibility index (Phi) is 4.64. The minimum absolute atomic E-state index is 0.0996. The van der Waals surface area contributed by atoms with E-state index < -0.39 is 5.76 Å². The number of likely N-dealkylation sites (N-methyl/N-ethyl adjacent to an activating group) is 1. The van der Waals surface area contributed by atoms with Crippen LogP contribution in [0.15, 0.2) is 51.7 Å². The van der Waals surface area contributed by atoms with Crippen LogP contribution >= 0.6 is 23.2 Å². The minimum Gasteiger partial charge on any atom is -0.408 e. The topological polar surface area (TPSA) is 55.5 Å². The van der Waals surface area contributed by atoms with E-state index in [1.54, 1.807) is 42.3 Å². The number of aromatic nitrogens is 1. The third-order valence-corrected chi connectivity index (χ3v) is 4.17. The summed E-state index contributed by atoms with van der Waals surface area (Å²) in [5.74, 6) is -0.787. The summed E-state index contributed by atoms with van der Waals surface area (Å²) in [6.45, 7) is 0.323. The number of carbonyl (C=O) groups is 1. The first kappa shape index (κ1) is 16.6. The third kappa shape index (κ3) is 3.47. The number of halogens is 2. The molecule has 1 heterocycles. The van der Waals surface area contributed by atoms with E-state index in [9.17, 15) is 9.59 Å². The van der Waals surface area contributed by atoms with Crippen molar-refractivity contribution >= 4 is 40.2 Å². The summed E-state index contributed by atoms with van der Waals surface area (Å²) in [6.07, 6.45) is 0. The van der Waals surface area contributed by atoms with E-state index in [0.29, 0.717) is 27.7 Å². The Hall–Kier alpha value is -2.24. The molecule has 0 aliphatic heterocycles. The highest BCUT2D eigenvalue weighted by Gasteiger charge is 2.16. The Morgan fingerprint density at radius 2 is 1.79 bits per heavy atom. The van der Waals surface area contributed by atoms with Gasteiger partial charge in [-0.05, 0) is 29.8 Å². The van der Waals surface area contributed by atoms with E-state index in [4.69, 9.17) is 27.6 Å². The molecule has 5 nitrogen and oxygen atoms in total. The second-order valence-electron chi connectivity index (χ2n) is 5.44. The predicted molar refractivity (Wildman–Crippen MR) is 93.4 cm³/mol. The van der Waals surface area contributed by atoms with Gasteiger partial charge in [0.15, 0.2) is 5.58 Å². The average molecular weight is 365 g/mol. The molecule has 0 aliphatic rings. The Bertz CT molecular complexity index is 945. The van der Waals surface area contributed by atoms with Crippen LogP contribution in [0.4, 0.5) is 0 Å². The highest BCUT2D eigenvalue weighted by atomic mass is 35.5. The Morgan fingerprint density at radius 1 is 1.12 bits per heavy atom. The standard InChI is InChI=1S/C17H14Cl2N2O3/c1-20(9-11-2-4-12(18)5-3-11)16(22)10-21-14-7-6-13(19)8-15(14)24-17(21)23/h2-8H,9-10H2,1H3. The van der Waals surface area contributed by atoms with Crippen molar-refractivity contribution < 1.29 is 9.21 Å². The average Bonchev–Trinajstić information content (AvgIpc) is 2.84. The van der Waals surface area contributed by atoms with Gasteiger partial charge >= 0.3 is 5.76 Å². The largest absolute Gasteiger partial charge is 0.420 e. The lowest BCUT2D eigenvalue weighted by molar-refractivity contribution is -0.131. The molecule has 1 aromatic heterocycles. The number of oxazole rings is 1. The maximum atomic E-state index is 12.4. The van der Waals surface area contributed by atoms with Crippen LogP contribution in [0, 0.1) is 0 Å². The molecule has 0 fully saturated rings. The van der Waals surface area contributed by atoms with E-state index in [1.165, 1.54) is 4.57 Å². The Labute approximate surface area is 148 Å². The summed E-state index contributed by atoms with van der Waals surface area (Å²) in [5, 5.41) is 1.11. The van der Waals surface area contributed by atoms with Gasteiger partial charge in [-0.25, -0.2) is 4.79 Å². The van der Waals surface area contributed by atoms with Crippen LogP contribution in [-0.2, 0) is 17.9 Å². The first-order chi connectivity index (χ1) is 11.4. The van der Waals surface area contributed by atoms with Gasteiger partial charge in [0.25, 0.3) is 0 Å². The van der Waals surface area contributed by atoms with E-state index in [1.807, 2.05) is 12.1 Å². The summed E-state index contributed by atoms with van der Waals surface area (Å²) >= 11 is 11.7. The molecule has 0 bridgehead atoms. The van der Waals surface area contributed by atoms with E-state index in [0.717, 1.165) is 5.56 Å². The molecule has 1 amide bonds. The van der Waals surface area contributed by atoms with Crippen molar-refractivity contribution in [3.05, 3.63) is 68.6 Å². The van der Waals surface area contributed by atoms with Gasteiger partial charge in [-0.15, -0.1) is 0 Å². The minimum atomic E-state index is -0.583. The molecule has 0 spiro atoms. The van der Waals surface area contributed by atoms with Crippen LogP contribution in [0.1, 0.15) is 5.56 Å². The van der Waals surface area contributed by atoms with Crippen molar-refractivity contribution in [1.29, 1.82) is 0 Å². The molecule has 0 N–H and O–H groups in total. The molecule has 24 heavy (non-hydrogen) atoms. The number of fused-ring (bicyclic) bond motifs is 1. The second-order valence-corrected chi connectivity index (χ2v) is 6.32. The fourth-order valence-corrected chi connectivity index (χ4v) is 2.69. The molecular formula is C17H14Cl2N2O3. The zero-order chi connectivity index (χ0) is 17.3. The van der Waals surface area contributed by atoms with Crippen LogP contribution in [0.25, 0.3) is 11.1 Å². The SMILES string of the molecule is CN(Cc1ccc(Cl)cc1)C(=O)Cn1c(=O)oc2cc(Cl)ccc21. The lowest BCUT2D eigenvalue weighted by atomic mass is 10.2. The fraction of sp³-hybridized carbons (Fsp3) is 0.176. The molecule has 0 unspecified atom stereocenters. The van der Waals surface area contributed by atoms with E-state index in [2.05, 4.69) is 0 Å². The quantitative estimate of drug-likeness (QED) is 0.711. The third-order valence-electron chi connectivity index (χ3n) is 3.68. The molecule has 2 aromatic carbocycles. The summed E-state index contributed by atoms with van der Waals surface area (Å²) < 4.78 is 6.43. The van der Waals surface area contributed by atoms with Gasteiger partial charge in [0.2, 0.25) is 5.91 Å². The van der Waals surface area contributed by atoms with Gasteiger partial charge in [-0.1, -0.05) is 35.3 Å². The summed E-state index contributed by atoms with van der Waals surface area (Å²) in [6, 6.07) is 12.1. The monoisotopic (exact) mass is 364 g/mol. The van der Waals surface area contributed by atoms with Gasteiger partial charge in [-0.2, -0.15) is 0 Å². The molecule has 7 heteroatoms. The van der Waals surface area contributed by atoms with Crippen LogP contribution in [0.3, 0.4) is 0 Å². The van der Waals surface area contributed by atoms with Crippen molar-refractivity contribution in [2.75, 3.05) is 7.05 Å². The number of benzene rings is 2. The molecule has 0 radical (unpaired) electrons. The zero-order valence-electron chi connectivity index (χ0n) is 12.8. The van der Waals surface area contributed by atoms with Crippen molar-refractivity contribution in [2.45, 2.75) is 13.1 Å². The number of nitrogens with zero attached hydrogens (tertiary/aromatic N) is 2.